The smallest absolute Gasteiger partial charge is 0.343 e. The van der Waals surface area contributed by atoms with Gasteiger partial charge in [-0.2, -0.15) is 5.10 Å². The number of amides is 1. The fraction of sp³-hybridized carbons (Fsp3) is 0.450. The van der Waals surface area contributed by atoms with Gasteiger partial charge in [-0.25, -0.2) is 4.79 Å². The maximum atomic E-state index is 12.3. The van der Waals surface area contributed by atoms with Gasteiger partial charge in [0, 0.05) is 13.1 Å². The molecule has 0 saturated carbocycles. The third-order valence-electron chi connectivity index (χ3n) is 4.24. The van der Waals surface area contributed by atoms with Gasteiger partial charge in [0.2, 0.25) is 0 Å². The molecule has 8 heteroatoms. The molecule has 0 spiro atoms. The molecule has 1 heterocycles. The maximum absolute atomic E-state index is 12.3. The molecule has 0 atom stereocenters. The van der Waals surface area contributed by atoms with Crippen LogP contribution in [0.2, 0.25) is 5.15 Å². The van der Waals surface area contributed by atoms with Crippen molar-refractivity contribution >= 4 is 23.5 Å². The number of esters is 1. The number of aromatic nitrogens is 2. The number of nitrogens with one attached hydrogen (secondary N) is 1. The normalized spacial score (nSPS) is 10.6. The summed E-state index contributed by atoms with van der Waals surface area (Å²) in [5.41, 5.74) is 1.69. The van der Waals surface area contributed by atoms with Gasteiger partial charge in [0.05, 0.1) is 12.8 Å². The molecular weight excluding hydrogens is 382 g/mol. The number of aryl methyl sites for hydroxylation is 2. The monoisotopic (exact) mass is 407 g/mol. The summed E-state index contributed by atoms with van der Waals surface area (Å²) in [6.45, 7) is 4.42. The first-order chi connectivity index (χ1) is 13.5. The molecule has 0 aliphatic carbocycles. The predicted molar refractivity (Wildman–Crippen MR) is 107 cm³/mol. The van der Waals surface area contributed by atoms with Crippen LogP contribution in [-0.2, 0) is 22.5 Å². The first kappa shape index (κ1) is 21.8. The Morgan fingerprint density at radius 3 is 2.75 bits per heavy atom. The lowest BCUT2D eigenvalue weighted by atomic mass is 10.1. The van der Waals surface area contributed by atoms with Crippen LogP contribution in [0.5, 0.6) is 5.75 Å². The van der Waals surface area contributed by atoms with Crippen molar-refractivity contribution in [2.24, 2.45) is 0 Å². The van der Waals surface area contributed by atoms with E-state index in [9.17, 15) is 9.59 Å². The van der Waals surface area contributed by atoms with Crippen LogP contribution in [0.3, 0.4) is 0 Å². The number of rotatable bonds is 10. The second kappa shape index (κ2) is 10.7. The largest absolute Gasteiger partial charge is 0.496 e. The van der Waals surface area contributed by atoms with Gasteiger partial charge >= 0.3 is 5.97 Å². The molecule has 0 unspecified atom stereocenters. The molecular formula is C20H26ClN3O4. The topological polar surface area (TPSA) is 82.5 Å². The number of nitrogens with zero attached hydrogens (tertiary/aromatic N) is 2. The highest BCUT2D eigenvalue weighted by atomic mass is 35.5. The molecule has 1 amide bonds. The Kier molecular flexibility index (Phi) is 8.32. The molecule has 0 aliphatic rings. The van der Waals surface area contributed by atoms with Gasteiger partial charge in [0.15, 0.2) is 6.61 Å². The average Bonchev–Trinajstić information content (AvgIpc) is 2.98. The summed E-state index contributed by atoms with van der Waals surface area (Å²) in [6, 6.07) is 7.60. The van der Waals surface area contributed by atoms with Crippen LogP contribution < -0.4 is 10.1 Å². The van der Waals surface area contributed by atoms with E-state index < -0.39 is 5.97 Å². The van der Waals surface area contributed by atoms with Crippen molar-refractivity contribution in [3.8, 4) is 5.75 Å². The molecule has 1 aromatic carbocycles. The van der Waals surface area contributed by atoms with Gasteiger partial charge < -0.3 is 14.8 Å². The molecule has 0 radical (unpaired) electrons. The third-order valence-corrected chi connectivity index (χ3v) is 4.62. The minimum absolute atomic E-state index is 0.208. The molecule has 0 fully saturated rings. The summed E-state index contributed by atoms with van der Waals surface area (Å²) in [5.74, 6) is -0.256. The van der Waals surface area contributed by atoms with E-state index in [4.69, 9.17) is 21.1 Å². The zero-order valence-corrected chi connectivity index (χ0v) is 17.2. The second-order valence-electron chi connectivity index (χ2n) is 6.32. The number of hydrogen-bond acceptors (Lipinski definition) is 5. The summed E-state index contributed by atoms with van der Waals surface area (Å²) in [4.78, 5) is 24.3. The Morgan fingerprint density at radius 1 is 1.29 bits per heavy atom. The van der Waals surface area contributed by atoms with Gasteiger partial charge in [-0.3, -0.25) is 9.48 Å². The molecule has 152 valence electrons. The number of methoxy groups -OCH3 is 1. The number of benzene rings is 1. The lowest BCUT2D eigenvalue weighted by Crippen LogP contribution is -2.30. The van der Waals surface area contributed by atoms with E-state index in [-0.39, 0.29) is 23.2 Å². The zero-order chi connectivity index (χ0) is 20.5. The Bertz CT molecular complexity index is 820. The number of halogens is 1. The summed E-state index contributed by atoms with van der Waals surface area (Å²) in [7, 11) is 1.61. The lowest BCUT2D eigenvalue weighted by molar-refractivity contribution is -0.124. The van der Waals surface area contributed by atoms with Crippen LogP contribution >= 0.6 is 11.6 Å². The van der Waals surface area contributed by atoms with E-state index in [1.165, 1.54) is 0 Å². The number of unbranched alkanes of at least 4 members (excludes halogenated alkanes) is 1. The van der Waals surface area contributed by atoms with E-state index in [1.54, 1.807) is 18.7 Å². The van der Waals surface area contributed by atoms with Crippen molar-refractivity contribution in [2.45, 2.75) is 39.7 Å². The lowest BCUT2D eigenvalue weighted by Gasteiger charge is -2.09. The SMILES string of the molecule is CCCCn1nc(C)c(C(=O)OCC(=O)NCCc2ccccc2OC)c1Cl. The molecule has 0 aliphatic heterocycles. The Labute approximate surface area is 170 Å². The van der Waals surface area contributed by atoms with E-state index in [2.05, 4.69) is 17.3 Å². The highest BCUT2D eigenvalue weighted by Gasteiger charge is 2.22. The minimum atomic E-state index is -0.648. The van der Waals surface area contributed by atoms with Gasteiger partial charge in [0.1, 0.15) is 16.5 Å². The van der Waals surface area contributed by atoms with Crippen molar-refractivity contribution in [1.29, 1.82) is 0 Å². The Hall–Kier alpha value is -2.54. The third kappa shape index (κ3) is 5.73. The van der Waals surface area contributed by atoms with Crippen LogP contribution in [0.4, 0.5) is 0 Å². The average molecular weight is 408 g/mol. The Morgan fingerprint density at radius 2 is 2.04 bits per heavy atom. The molecule has 0 saturated heterocycles. The zero-order valence-electron chi connectivity index (χ0n) is 16.5. The van der Waals surface area contributed by atoms with E-state index in [0.29, 0.717) is 25.2 Å². The molecule has 2 aromatic rings. The minimum Gasteiger partial charge on any atom is -0.496 e. The van der Waals surface area contributed by atoms with Gasteiger partial charge in [0.25, 0.3) is 5.91 Å². The van der Waals surface area contributed by atoms with Gasteiger partial charge in [-0.05, 0) is 31.4 Å². The van der Waals surface area contributed by atoms with Crippen LogP contribution in [0.1, 0.15) is 41.4 Å². The van der Waals surface area contributed by atoms with Gasteiger partial charge in [-0.1, -0.05) is 43.1 Å². The van der Waals surface area contributed by atoms with E-state index >= 15 is 0 Å². The first-order valence-electron chi connectivity index (χ1n) is 9.26. The van der Waals surface area contributed by atoms with Crippen LogP contribution in [0.15, 0.2) is 24.3 Å². The summed E-state index contributed by atoms with van der Waals surface area (Å²) >= 11 is 6.24. The number of carbonyl (C=O) groups is 2. The highest BCUT2D eigenvalue weighted by molar-refractivity contribution is 6.32. The van der Waals surface area contributed by atoms with E-state index in [0.717, 1.165) is 24.2 Å². The van der Waals surface area contributed by atoms with Crippen molar-refractivity contribution in [3.63, 3.8) is 0 Å². The van der Waals surface area contributed by atoms with E-state index in [1.807, 2.05) is 24.3 Å². The summed E-state index contributed by atoms with van der Waals surface area (Å²) in [5, 5.41) is 7.24. The fourth-order valence-corrected chi connectivity index (χ4v) is 3.08. The van der Waals surface area contributed by atoms with Crippen LogP contribution in [0, 0.1) is 6.92 Å². The second-order valence-corrected chi connectivity index (χ2v) is 6.67. The standard InChI is InChI=1S/C20H26ClN3O4/c1-4-5-12-24-19(21)18(14(2)23-24)20(26)28-13-17(25)22-11-10-15-8-6-7-9-16(15)27-3/h6-9H,4-5,10-13H2,1-3H3,(H,22,25). The number of hydrogen-bond donors (Lipinski definition) is 1. The number of para-hydroxylation sites is 1. The molecule has 1 N–H and O–H groups in total. The highest BCUT2D eigenvalue weighted by Crippen LogP contribution is 2.21. The summed E-state index contributed by atoms with van der Waals surface area (Å²) < 4.78 is 12.0. The first-order valence-corrected chi connectivity index (χ1v) is 9.64. The molecule has 0 bridgehead atoms. The van der Waals surface area contributed by atoms with Crippen molar-refractivity contribution < 1.29 is 19.1 Å². The molecule has 28 heavy (non-hydrogen) atoms. The predicted octanol–water partition coefficient (Wildman–Crippen LogP) is 3.17. The summed E-state index contributed by atoms with van der Waals surface area (Å²) in [6.07, 6.45) is 2.51. The molecule has 2 rings (SSSR count). The Balaban J connectivity index is 1.82. The van der Waals surface area contributed by atoms with Crippen molar-refractivity contribution in [3.05, 3.63) is 46.2 Å². The van der Waals surface area contributed by atoms with Crippen LogP contribution in [0.25, 0.3) is 0 Å². The van der Waals surface area contributed by atoms with Gasteiger partial charge in [-0.15, -0.1) is 0 Å². The van der Waals surface area contributed by atoms with Crippen LogP contribution in [-0.4, -0.2) is 41.9 Å². The fourth-order valence-electron chi connectivity index (χ4n) is 2.74. The van der Waals surface area contributed by atoms with Crippen molar-refractivity contribution in [2.75, 3.05) is 20.3 Å². The van der Waals surface area contributed by atoms with Crippen molar-refractivity contribution in [1.82, 2.24) is 15.1 Å². The number of ether oxygens (including phenoxy) is 2. The number of carbonyl (C=O) groups excluding carboxylic acids is 2. The molecule has 7 nitrogen and oxygen atoms in total. The maximum Gasteiger partial charge on any atom is 0.343 e. The molecule has 1 aromatic heterocycles. The quantitative estimate of drug-likeness (QED) is 0.611.